The first-order chi connectivity index (χ1) is 36.7. The molecule has 0 aromatic carbocycles. The Kier molecular flexibility index (Phi) is 48.5. The minimum atomic E-state index is -1.62. The Balaban J connectivity index is 2.61. The third-order valence-corrected chi connectivity index (χ3v) is 14.2. The van der Waals surface area contributed by atoms with Gasteiger partial charge in [-0.1, -0.05) is 248 Å². The summed E-state index contributed by atoms with van der Waals surface area (Å²) in [5.74, 6) is -1.22. The number of allylic oxidation sites excluding steroid dienone is 11. The van der Waals surface area contributed by atoms with Crippen molar-refractivity contribution in [1.82, 2.24) is 5.32 Å². The van der Waals surface area contributed by atoms with Gasteiger partial charge in [-0.3, -0.25) is 9.59 Å². The smallest absolute Gasteiger partial charge is 0.306 e. The number of aliphatic hydroxyl groups excluding tert-OH is 5. The molecule has 0 saturated carbocycles. The summed E-state index contributed by atoms with van der Waals surface area (Å²) in [4.78, 5) is 26.5. The molecule has 1 amide bonds. The predicted molar refractivity (Wildman–Crippen MR) is 310 cm³/mol. The molecule has 75 heavy (non-hydrogen) atoms. The van der Waals surface area contributed by atoms with E-state index in [0.29, 0.717) is 12.8 Å². The molecule has 1 saturated heterocycles. The van der Waals surface area contributed by atoms with Crippen LogP contribution in [0.1, 0.15) is 258 Å². The molecule has 0 aromatic heterocycles. The Labute approximate surface area is 458 Å². The van der Waals surface area contributed by atoms with Gasteiger partial charge in [0.15, 0.2) is 12.4 Å². The topological polar surface area (TPSA) is 175 Å². The van der Waals surface area contributed by atoms with Gasteiger partial charge < -0.3 is 45.1 Å². The molecule has 1 rings (SSSR count). The van der Waals surface area contributed by atoms with Crippen molar-refractivity contribution in [1.29, 1.82) is 0 Å². The number of carbonyl (C=O) groups is 2. The Morgan fingerprint density at radius 2 is 1.01 bits per heavy atom. The van der Waals surface area contributed by atoms with Crippen molar-refractivity contribution in [2.75, 3.05) is 13.2 Å². The molecule has 11 heteroatoms. The zero-order valence-corrected chi connectivity index (χ0v) is 47.9. The molecule has 1 heterocycles. The van der Waals surface area contributed by atoms with E-state index in [2.05, 4.69) is 62.5 Å². The van der Waals surface area contributed by atoms with Crippen LogP contribution in [0.3, 0.4) is 0 Å². The SMILES string of the molecule is CC/C=C/C=C/C=C\CCCCCCC(O)C(=O)NC(COC1OC(CO)C(O)C(O)C1OC(=O)CCCCCCCCCCCCCCC/C=C\C/C=C\CCCCC)C(O)/C=C/CCCCCCCCCCC. The van der Waals surface area contributed by atoms with Crippen molar-refractivity contribution < 1.29 is 49.3 Å². The van der Waals surface area contributed by atoms with E-state index in [-0.39, 0.29) is 19.4 Å². The fourth-order valence-electron chi connectivity index (χ4n) is 9.27. The fourth-order valence-corrected chi connectivity index (χ4v) is 9.27. The average Bonchev–Trinajstić information content (AvgIpc) is 3.41. The van der Waals surface area contributed by atoms with Crippen molar-refractivity contribution in [3.05, 3.63) is 72.9 Å². The monoisotopic (exact) mass is 1060 g/mol. The Morgan fingerprint density at radius 3 is 1.56 bits per heavy atom. The highest BCUT2D eigenvalue weighted by Crippen LogP contribution is 2.26. The van der Waals surface area contributed by atoms with Gasteiger partial charge in [-0.05, 0) is 77.0 Å². The largest absolute Gasteiger partial charge is 0.454 e. The van der Waals surface area contributed by atoms with Crippen LogP contribution in [0.2, 0.25) is 0 Å². The summed E-state index contributed by atoms with van der Waals surface area (Å²) in [5.41, 5.74) is 0. The number of carbonyl (C=O) groups excluding carboxylic acids is 2. The van der Waals surface area contributed by atoms with E-state index < -0.39 is 67.4 Å². The highest BCUT2D eigenvalue weighted by Gasteiger charge is 2.47. The van der Waals surface area contributed by atoms with Gasteiger partial charge >= 0.3 is 5.97 Å². The highest BCUT2D eigenvalue weighted by atomic mass is 16.7. The van der Waals surface area contributed by atoms with Crippen molar-refractivity contribution in [2.24, 2.45) is 0 Å². The molecule has 0 bridgehead atoms. The van der Waals surface area contributed by atoms with E-state index in [9.17, 15) is 35.1 Å². The molecule has 0 radical (unpaired) electrons. The van der Waals surface area contributed by atoms with Gasteiger partial charge in [-0.2, -0.15) is 0 Å². The Morgan fingerprint density at radius 1 is 0.547 bits per heavy atom. The number of unbranched alkanes of at least 4 members (excludes halogenated alkanes) is 29. The normalized spacial score (nSPS) is 19.7. The summed E-state index contributed by atoms with van der Waals surface area (Å²) < 4.78 is 17.6. The van der Waals surface area contributed by atoms with Crippen LogP contribution >= 0.6 is 0 Å². The second-order valence-corrected chi connectivity index (χ2v) is 21.1. The summed E-state index contributed by atoms with van der Waals surface area (Å²) >= 11 is 0. The first-order valence-electron chi connectivity index (χ1n) is 30.7. The number of hydrogen-bond donors (Lipinski definition) is 6. The summed E-state index contributed by atoms with van der Waals surface area (Å²) in [7, 11) is 0. The van der Waals surface area contributed by atoms with Crippen molar-refractivity contribution in [2.45, 2.75) is 307 Å². The van der Waals surface area contributed by atoms with Crippen molar-refractivity contribution in [3.63, 3.8) is 0 Å². The highest BCUT2D eigenvalue weighted by molar-refractivity contribution is 5.80. The molecule has 0 spiro atoms. The third kappa shape index (κ3) is 40.0. The van der Waals surface area contributed by atoms with Gasteiger partial charge in [-0.15, -0.1) is 0 Å². The van der Waals surface area contributed by atoms with Gasteiger partial charge in [0, 0.05) is 6.42 Å². The summed E-state index contributed by atoms with van der Waals surface area (Å²) in [5, 5.41) is 56.8. The molecule has 8 unspecified atom stereocenters. The number of nitrogens with one attached hydrogen (secondary N) is 1. The minimum absolute atomic E-state index is 0.118. The third-order valence-electron chi connectivity index (χ3n) is 14.2. The van der Waals surface area contributed by atoms with Crippen LogP contribution in [0.4, 0.5) is 0 Å². The van der Waals surface area contributed by atoms with Gasteiger partial charge in [0.2, 0.25) is 5.91 Å². The van der Waals surface area contributed by atoms with Crippen LogP contribution in [0.15, 0.2) is 72.9 Å². The molecule has 1 aliphatic rings. The van der Waals surface area contributed by atoms with E-state index in [1.54, 1.807) is 6.08 Å². The molecule has 434 valence electrons. The molecule has 8 atom stereocenters. The molecule has 0 aromatic rings. The lowest BCUT2D eigenvalue weighted by atomic mass is 9.99. The first kappa shape index (κ1) is 70.1. The molecule has 1 aliphatic heterocycles. The summed E-state index contributed by atoms with van der Waals surface area (Å²) in [6.45, 7) is 5.60. The van der Waals surface area contributed by atoms with Crippen molar-refractivity contribution >= 4 is 11.9 Å². The fraction of sp³-hybridized carbons (Fsp3) is 0.781. The number of aliphatic hydroxyl groups is 5. The van der Waals surface area contributed by atoms with E-state index in [1.807, 2.05) is 30.4 Å². The average molecular weight is 1060 g/mol. The Bertz CT molecular complexity index is 1490. The van der Waals surface area contributed by atoms with Gasteiger partial charge in [0.05, 0.1) is 25.4 Å². The van der Waals surface area contributed by atoms with Gasteiger partial charge in [0.25, 0.3) is 0 Å². The molecule has 6 N–H and O–H groups in total. The summed E-state index contributed by atoms with van der Waals surface area (Å²) in [6, 6.07) is -1.04. The molecular weight excluding hydrogens is 943 g/mol. The number of ether oxygens (including phenoxy) is 3. The second-order valence-electron chi connectivity index (χ2n) is 21.1. The standard InChI is InChI=1S/C64H113NO10/c1-4-7-10-13-16-19-22-24-25-26-27-28-29-30-31-32-33-34-37-40-43-46-49-52-59(69)75-62-61(71)60(70)58(53-66)74-64(62)73-54-55(56(67)50-47-44-41-38-35-21-18-15-12-9-6-3)65-63(72)57(68)51-48-45-42-39-36-23-20-17-14-11-8-5-2/h8,11,14,16-17,19-20,23-25,47,50,55-58,60-62,64,66-68,70-71H,4-7,9-10,12-13,15,18,21-22,26-46,48-49,51-54H2,1-3H3,(H,65,72)/b11-8+,17-14+,19-16-,23-20-,25-24-,50-47+. The molecule has 0 aliphatic carbocycles. The number of amides is 1. The quantitative estimate of drug-likeness (QED) is 0.0149. The van der Waals surface area contributed by atoms with Crippen LogP contribution in [0, 0.1) is 0 Å². The van der Waals surface area contributed by atoms with E-state index in [1.165, 1.54) is 135 Å². The Hall–Kier alpha value is -2.90. The van der Waals surface area contributed by atoms with Crippen molar-refractivity contribution in [3.8, 4) is 0 Å². The molecule has 1 fully saturated rings. The summed E-state index contributed by atoms with van der Waals surface area (Å²) in [6.07, 6.45) is 55.3. The number of rotatable bonds is 51. The number of esters is 1. The maximum absolute atomic E-state index is 13.3. The van der Waals surface area contributed by atoms with E-state index in [4.69, 9.17) is 14.2 Å². The second kappa shape index (κ2) is 51.8. The molecule has 11 nitrogen and oxygen atoms in total. The first-order valence-corrected chi connectivity index (χ1v) is 30.7. The lowest BCUT2D eigenvalue weighted by Crippen LogP contribution is -2.61. The van der Waals surface area contributed by atoms with Gasteiger partial charge in [-0.25, -0.2) is 0 Å². The lowest BCUT2D eigenvalue weighted by Gasteiger charge is -2.41. The van der Waals surface area contributed by atoms with Gasteiger partial charge in [0.1, 0.15) is 24.4 Å². The number of hydrogen-bond acceptors (Lipinski definition) is 10. The maximum atomic E-state index is 13.3. The van der Waals surface area contributed by atoms with Crippen LogP contribution in [0.5, 0.6) is 0 Å². The van der Waals surface area contributed by atoms with Crippen LogP contribution in [-0.4, -0.2) is 99.6 Å². The van der Waals surface area contributed by atoms with Crippen LogP contribution in [-0.2, 0) is 23.8 Å². The van der Waals surface area contributed by atoms with E-state index in [0.717, 1.165) is 77.0 Å². The lowest BCUT2D eigenvalue weighted by molar-refractivity contribution is -0.305. The zero-order chi connectivity index (χ0) is 54.7. The van der Waals surface area contributed by atoms with Crippen LogP contribution in [0.25, 0.3) is 0 Å². The minimum Gasteiger partial charge on any atom is -0.454 e. The van der Waals surface area contributed by atoms with Crippen LogP contribution < -0.4 is 5.32 Å². The zero-order valence-electron chi connectivity index (χ0n) is 47.9. The maximum Gasteiger partial charge on any atom is 0.306 e. The predicted octanol–water partition coefficient (Wildman–Crippen LogP) is 14.4. The van der Waals surface area contributed by atoms with E-state index >= 15 is 0 Å². The molecular formula is C64H113NO10.